The maximum absolute atomic E-state index is 8.55. The Morgan fingerprint density at radius 1 is 1.46 bits per heavy atom. The highest BCUT2D eigenvalue weighted by molar-refractivity contribution is 5.31. The third-order valence-corrected chi connectivity index (χ3v) is 1.69. The van der Waals surface area contributed by atoms with Crippen LogP contribution >= 0.6 is 0 Å². The van der Waals surface area contributed by atoms with E-state index in [-0.39, 0.29) is 0 Å². The molecule has 0 fully saturated rings. The molecule has 0 unspecified atom stereocenters. The SMILES string of the molecule is CCOc1ccc([C@@H](N)C#N)cc1. The number of nitrogens with two attached hydrogens (primary N) is 1. The van der Waals surface area contributed by atoms with Crippen molar-refractivity contribution >= 4 is 0 Å². The minimum atomic E-state index is -0.546. The molecule has 0 aliphatic carbocycles. The molecule has 0 spiro atoms. The molecule has 1 rings (SSSR count). The number of nitrogens with zero attached hydrogens (tertiary/aromatic N) is 1. The Morgan fingerprint density at radius 2 is 2.08 bits per heavy atom. The van der Waals surface area contributed by atoms with Gasteiger partial charge in [-0.15, -0.1) is 0 Å². The zero-order valence-corrected chi connectivity index (χ0v) is 7.53. The molecule has 13 heavy (non-hydrogen) atoms. The first-order valence-electron chi connectivity index (χ1n) is 4.16. The molecule has 2 N–H and O–H groups in total. The second kappa shape index (κ2) is 4.48. The lowest BCUT2D eigenvalue weighted by atomic mass is 10.1. The molecule has 0 bridgehead atoms. The largest absolute Gasteiger partial charge is 0.494 e. The fourth-order valence-corrected chi connectivity index (χ4v) is 1.01. The van der Waals surface area contributed by atoms with Gasteiger partial charge in [-0.05, 0) is 24.6 Å². The molecule has 0 amide bonds. The number of nitriles is 1. The molecular formula is C10H12N2O. The number of benzene rings is 1. The van der Waals surface area contributed by atoms with Crippen molar-refractivity contribution < 1.29 is 4.74 Å². The van der Waals surface area contributed by atoms with Gasteiger partial charge >= 0.3 is 0 Å². The average molecular weight is 176 g/mol. The van der Waals surface area contributed by atoms with Crippen molar-refractivity contribution in [2.45, 2.75) is 13.0 Å². The van der Waals surface area contributed by atoms with Gasteiger partial charge in [0, 0.05) is 0 Å². The van der Waals surface area contributed by atoms with Crippen LogP contribution < -0.4 is 10.5 Å². The molecule has 1 atom stereocenters. The molecule has 0 saturated heterocycles. The lowest BCUT2D eigenvalue weighted by molar-refractivity contribution is 0.340. The van der Waals surface area contributed by atoms with Gasteiger partial charge in [0.15, 0.2) is 0 Å². The first kappa shape index (κ1) is 9.56. The summed E-state index contributed by atoms with van der Waals surface area (Å²) < 4.78 is 5.25. The highest BCUT2D eigenvalue weighted by Gasteiger charge is 2.02. The minimum Gasteiger partial charge on any atom is -0.494 e. The maximum atomic E-state index is 8.55. The van der Waals surface area contributed by atoms with E-state index in [2.05, 4.69) is 0 Å². The van der Waals surface area contributed by atoms with Crippen LogP contribution in [-0.4, -0.2) is 6.61 Å². The summed E-state index contributed by atoms with van der Waals surface area (Å²) in [6.07, 6.45) is 0. The second-order valence-corrected chi connectivity index (χ2v) is 2.61. The number of hydrogen-bond donors (Lipinski definition) is 1. The van der Waals surface area contributed by atoms with Gasteiger partial charge < -0.3 is 10.5 Å². The smallest absolute Gasteiger partial charge is 0.119 e. The maximum Gasteiger partial charge on any atom is 0.119 e. The summed E-state index contributed by atoms with van der Waals surface area (Å²) in [6, 6.07) is 8.66. The molecular weight excluding hydrogens is 164 g/mol. The molecule has 3 heteroatoms. The summed E-state index contributed by atoms with van der Waals surface area (Å²) in [6.45, 7) is 2.57. The third kappa shape index (κ3) is 2.46. The Labute approximate surface area is 77.7 Å². The van der Waals surface area contributed by atoms with Gasteiger partial charge in [0.25, 0.3) is 0 Å². The Morgan fingerprint density at radius 3 is 2.54 bits per heavy atom. The van der Waals surface area contributed by atoms with Crippen LogP contribution in [0.5, 0.6) is 5.75 Å². The normalized spacial score (nSPS) is 11.8. The Balaban J connectivity index is 2.76. The van der Waals surface area contributed by atoms with Crippen LogP contribution in [0.4, 0.5) is 0 Å². The highest BCUT2D eigenvalue weighted by atomic mass is 16.5. The molecule has 1 aromatic rings. The van der Waals surface area contributed by atoms with Crippen molar-refractivity contribution in [3.63, 3.8) is 0 Å². The predicted molar refractivity (Wildman–Crippen MR) is 50.2 cm³/mol. The standard InChI is InChI=1S/C10H12N2O/c1-2-13-9-5-3-8(4-6-9)10(12)7-11/h3-6,10H,2,12H2,1H3/t10-/m0/s1. The van der Waals surface area contributed by atoms with Crippen molar-refractivity contribution in [1.29, 1.82) is 5.26 Å². The quantitative estimate of drug-likeness (QED) is 0.761. The lowest BCUT2D eigenvalue weighted by Crippen LogP contribution is -2.06. The molecule has 0 heterocycles. The average Bonchev–Trinajstić information content (AvgIpc) is 2.18. The van der Waals surface area contributed by atoms with E-state index in [4.69, 9.17) is 15.7 Å². The zero-order valence-electron chi connectivity index (χ0n) is 7.53. The van der Waals surface area contributed by atoms with Gasteiger partial charge in [0.05, 0.1) is 12.7 Å². The first-order chi connectivity index (χ1) is 6.27. The van der Waals surface area contributed by atoms with E-state index in [9.17, 15) is 0 Å². The lowest BCUT2D eigenvalue weighted by Gasteiger charge is -2.05. The summed E-state index contributed by atoms with van der Waals surface area (Å²) in [5, 5.41) is 8.55. The van der Waals surface area contributed by atoms with Crippen LogP contribution in [0.15, 0.2) is 24.3 Å². The molecule has 68 valence electrons. The predicted octanol–water partition coefficient (Wildman–Crippen LogP) is 1.61. The van der Waals surface area contributed by atoms with Crippen molar-refractivity contribution in [2.75, 3.05) is 6.61 Å². The molecule has 0 aliphatic rings. The summed E-state index contributed by atoms with van der Waals surface area (Å²) in [4.78, 5) is 0. The first-order valence-corrected chi connectivity index (χ1v) is 4.16. The van der Waals surface area contributed by atoms with Gasteiger partial charge in [-0.1, -0.05) is 12.1 Å². The topological polar surface area (TPSA) is 59.0 Å². The molecule has 0 saturated carbocycles. The summed E-state index contributed by atoms with van der Waals surface area (Å²) in [7, 11) is 0. The van der Waals surface area contributed by atoms with Crippen LogP contribution in [0.2, 0.25) is 0 Å². The third-order valence-electron chi connectivity index (χ3n) is 1.69. The van der Waals surface area contributed by atoms with Crippen LogP contribution in [0.3, 0.4) is 0 Å². The van der Waals surface area contributed by atoms with Gasteiger partial charge in [0.2, 0.25) is 0 Å². The summed E-state index contributed by atoms with van der Waals surface area (Å²) in [5.74, 6) is 0.802. The van der Waals surface area contributed by atoms with Crippen LogP contribution in [0.25, 0.3) is 0 Å². The zero-order chi connectivity index (χ0) is 9.68. The van der Waals surface area contributed by atoms with Crippen LogP contribution in [-0.2, 0) is 0 Å². The van der Waals surface area contributed by atoms with E-state index in [0.717, 1.165) is 11.3 Å². The second-order valence-electron chi connectivity index (χ2n) is 2.61. The monoisotopic (exact) mass is 176 g/mol. The minimum absolute atomic E-state index is 0.546. The van der Waals surface area contributed by atoms with Crippen molar-refractivity contribution in [1.82, 2.24) is 0 Å². The number of rotatable bonds is 3. The van der Waals surface area contributed by atoms with Crippen LogP contribution in [0, 0.1) is 11.3 Å². The Kier molecular flexibility index (Phi) is 3.30. The molecule has 0 aliphatic heterocycles. The van der Waals surface area contributed by atoms with Crippen molar-refractivity contribution in [3.05, 3.63) is 29.8 Å². The summed E-state index contributed by atoms with van der Waals surface area (Å²) >= 11 is 0. The Bertz CT molecular complexity index is 300. The van der Waals surface area contributed by atoms with Crippen molar-refractivity contribution in [2.24, 2.45) is 5.73 Å². The van der Waals surface area contributed by atoms with Gasteiger partial charge in [-0.2, -0.15) is 5.26 Å². The van der Waals surface area contributed by atoms with E-state index in [1.54, 1.807) is 12.1 Å². The molecule has 1 aromatic carbocycles. The van der Waals surface area contributed by atoms with Gasteiger partial charge in [-0.25, -0.2) is 0 Å². The van der Waals surface area contributed by atoms with Crippen molar-refractivity contribution in [3.8, 4) is 11.8 Å². The van der Waals surface area contributed by atoms with E-state index in [1.807, 2.05) is 25.1 Å². The fourth-order valence-electron chi connectivity index (χ4n) is 1.01. The molecule has 3 nitrogen and oxygen atoms in total. The van der Waals surface area contributed by atoms with Crippen LogP contribution in [0.1, 0.15) is 18.5 Å². The van der Waals surface area contributed by atoms with Gasteiger partial charge in [-0.3, -0.25) is 0 Å². The van der Waals surface area contributed by atoms with Gasteiger partial charge in [0.1, 0.15) is 11.8 Å². The highest BCUT2D eigenvalue weighted by Crippen LogP contribution is 2.15. The number of hydrogen-bond acceptors (Lipinski definition) is 3. The summed E-state index contributed by atoms with van der Waals surface area (Å²) in [5.41, 5.74) is 6.33. The molecule has 0 aromatic heterocycles. The fraction of sp³-hybridized carbons (Fsp3) is 0.300. The Hall–Kier alpha value is -1.53. The molecule has 0 radical (unpaired) electrons. The number of ether oxygens (including phenoxy) is 1. The van der Waals surface area contributed by atoms with E-state index in [0.29, 0.717) is 6.61 Å². The van der Waals surface area contributed by atoms with E-state index in [1.165, 1.54) is 0 Å². The van der Waals surface area contributed by atoms with E-state index < -0.39 is 6.04 Å². The van der Waals surface area contributed by atoms with E-state index >= 15 is 0 Å².